The van der Waals surface area contributed by atoms with Gasteiger partial charge in [-0.3, -0.25) is 4.79 Å². The number of thiophene rings is 1. The summed E-state index contributed by atoms with van der Waals surface area (Å²) in [7, 11) is 1.82. The first-order chi connectivity index (χ1) is 10.2. The molecule has 1 N–H and O–H groups in total. The Bertz CT molecular complexity index is 523. The zero-order valence-electron chi connectivity index (χ0n) is 12.3. The number of amides is 1. The summed E-state index contributed by atoms with van der Waals surface area (Å²) in [5, 5.41) is 10.7. The van der Waals surface area contributed by atoms with E-state index in [0.717, 1.165) is 36.3 Å². The van der Waals surface area contributed by atoms with Gasteiger partial charge in [-0.2, -0.15) is 0 Å². The van der Waals surface area contributed by atoms with E-state index in [1.807, 2.05) is 18.5 Å². The first kappa shape index (κ1) is 16.0. The van der Waals surface area contributed by atoms with Crippen molar-refractivity contribution in [2.24, 2.45) is 0 Å². The number of ether oxygens (including phenoxy) is 1. The molecular formula is C16H21NO3S. The Morgan fingerprint density at radius 1 is 1.57 bits per heavy atom. The first-order valence-electron chi connectivity index (χ1n) is 7.21. The third-order valence-corrected chi connectivity index (χ3v) is 4.36. The Hall–Kier alpha value is -1.35. The van der Waals surface area contributed by atoms with Crippen molar-refractivity contribution in [2.45, 2.75) is 38.3 Å². The molecule has 0 radical (unpaired) electrons. The molecule has 1 aliphatic heterocycles. The summed E-state index contributed by atoms with van der Waals surface area (Å²) < 4.78 is 5.61. The molecule has 2 rings (SSSR count). The van der Waals surface area contributed by atoms with Crippen molar-refractivity contribution in [3.63, 3.8) is 0 Å². The monoisotopic (exact) mass is 307 g/mol. The van der Waals surface area contributed by atoms with E-state index in [-0.39, 0.29) is 18.6 Å². The van der Waals surface area contributed by atoms with Gasteiger partial charge in [0.2, 0.25) is 5.91 Å². The third-order valence-electron chi connectivity index (χ3n) is 3.47. The molecule has 0 aliphatic carbocycles. The normalized spacial score (nSPS) is 17.9. The molecule has 114 valence electrons. The van der Waals surface area contributed by atoms with Gasteiger partial charge in [0.25, 0.3) is 0 Å². The summed E-state index contributed by atoms with van der Waals surface area (Å²) in [6.07, 6.45) is 3.80. The standard InChI is InChI=1S/C16H21NO3S/c1-17(16(19)10-14-5-2-3-8-20-14)11-13-9-15(21-12-13)6-4-7-18/h9,12,14,18H,2-3,5,7-8,10-11H2,1H3. The van der Waals surface area contributed by atoms with Gasteiger partial charge in [0.15, 0.2) is 0 Å². The van der Waals surface area contributed by atoms with Crippen molar-refractivity contribution in [1.29, 1.82) is 0 Å². The van der Waals surface area contributed by atoms with Crippen LogP contribution in [-0.4, -0.2) is 42.3 Å². The van der Waals surface area contributed by atoms with E-state index in [2.05, 4.69) is 11.8 Å². The maximum absolute atomic E-state index is 12.2. The minimum atomic E-state index is -0.132. The van der Waals surface area contributed by atoms with Crippen molar-refractivity contribution >= 4 is 17.2 Å². The van der Waals surface area contributed by atoms with Gasteiger partial charge in [-0.25, -0.2) is 0 Å². The Kier molecular flexibility index (Phi) is 6.24. The van der Waals surface area contributed by atoms with Crippen LogP contribution in [0.25, 0.3) is 0 Å². The number of hydrogen-bond acceptors (Lipinski definition) is 4. The number of rotatable bonds is 4. The summed E-state index contributed by atoms with van der Waals surface area (Å²) in [5.41, 5.74) is 1.07. The lowest BCUT2D eigenvalue weighted by atomic mass is 10.1. The lowest BCUT2D eigenvalue weighted by Gasteiger charge is -2.24. The second-order valence-electron chi connectivity index (χ2n) is 5.22. The zero-order chi connectivity index (χ0) is 15.1. The van der Waals surface area contributed by atoms with Gasteiger partial charge in [0, 0.05) is 20.2 Å². The van der Waals surface area contributed by atoms with Crippen LogP contribution in [0.1, 0.15) is 36.1 Å². The smallest absolute Gasteiger partial charge is 0.225 e. The van der Waals surface area contributed by atoms with Crippen molar-refractivity contribution in [3.05, 3.63) is 21.9 Å². The Morgan fingerprint density at radius 3 is 3.14 bits per heavy atom. The number of carbonyl (C=O) groups excluding carboxylic acids is 1. The molecule has 2 heterocycles. The van der Waals surface area contributed by atoms with Gasteiger partial charge in [-0.15, -0.1) is 11.3 Å². The highest BCUT2D eigenvalue weighted by atomic mass is 32.1. The second-order valence-corrected chi connectivity index (χ2v) is 6.13. The second kappa shape index (κ2) is 8.18. The maximum Gasteiger partial charge on any atom is 0.225 e. The van der Waals surface area contributed by atoms with E-state index < -0.39 is 0 Å². The molecule has 0 saturated carbocycles. The predicted octanol–water partition coefficient (Wildman–Crippen LogP) is 2.01. The molecule has 1 unspecified atom stereocenters. The highest BCUT2D eigenvalue weighted by Gasteiger charge is 2.20. The average Bonchev–Trinajstić information content (AvgIpc) is 2.93. The van der Waals surface area contributed by atoms with E-state index in [4.69, 9.17) is 9.84 Å². The highest BCUT2D eigenvalue weighted by molar-refractivity contribution is 7.10. The lowest BCUT2D eigenvalue weighted by Crippen LogP contribution is -2.31. The predicted molar refractivity (Wildman–Crippen MR) is 83.0 cm³/mol. The molecule has 1 atom stereocenters. The largest absolute Gasteiger partial charge is 0.384 e. The molecule has 0 aromatic carbocycles. The van der Waals surface area contributed by atoms with Gasteiger partial charge in [0.05, 0.1) is 17.4 Å². The SMILES string of the molecule is CN(Cc1csc(C#CCO)c1)C(=O)CC1CCCCO1. The van der Waals surface area contributed by atoms with Crippen LogP contribution in [0.5, 0.6) is 0 Å². The molecule has 1 fully saturated rings. The van der Waals surface area contributed by atoms with E-state index in [1.54, 1.807) is 4.90 Å². The minimum absolute atomic E-state index is 0.0853. The Morgan fingerprint density at radius 2 is 2.43 bits per heavy atom. The fourth-order valence-corrected chi connectivity index (χ4v) is 3.10. The maximum atomic E-state index is 12.2. The van der Waals surface area contributed by atoms with Gasteiger partial charge in [-0.05, 0) is 36.3 Å². The molecule has 1 aliphatic rings. The number of aliphatic hydroxyl groups is 1. The summed E-state index contributed by atoms with van der Waals surface area (Å²) >= 11 is 1.53. The van der Waals surface area contributed by atoms with Crippen molar-refractivity contribution < 1.29 is 14.6 Å². The van der Waals surface area contributed by atoms with Crippen LogP contribution in [-0.2, 0) is 16.1 Å². The highest BCUT2D eigenvalue weighted by Crippen LogP contribution is 2.18. The van der Waals surface area contributed by atoms with Crippen LogP contribution >= 0.6 is 11.3 Å². The van der Waals surface area contributed by atoms with E-state index >= 15 is 0 Å². The molecule has 4 nitrogen and oxygen atoms in total. The van der Waals surface area contributed by atoms with Gasteiger partial charge in [-0.1, -0.05) is 11.8 Å². The molecule has 0 bridgehead atoms. The molecule has 0 spiro atoms. The fourth-order valence-electron chi connectivity index (χ4n) is 2.33. The van der Waals surface area contributed by atoms with Crippen molar-refractivity contribution in [3.8, 4) is 11.8 Å². The van der Waals surface area contributed by atoms with Crippen LogP contribution in [0.4, 0.5) is 0 Å². The molecule has 1 aromatic rings. The molecule has 1 saturated heterocycles. The molecule has 5 heteroatoms. The summed E-state index contributed by atoms with van der Waals surface area (Å²) in [4.78, 5) is 14.8. The Balaban J connectivity index is 1.83. The molecule has 21 heavy (non-hydrogen) atoms. The van der Waals surface area contributed by atoms with Crippen LogP contribution in [0.3, 0.4) is 0 Å². The van der Waals surface area contributed by atoms with E-state index in [0.29, 0.717) is 13.0 Å². The number of hydrogen-bond donors (Lipinski definition) is 1. The average molecular weight is 307 g/mol. The third kappa shape index (κ3) is 5.16. The lowest BCUT2D eigenvalue weighted by molar-refractivity contribution is -0.134. The fraction of sp³-hybridized carbons (Fsp3) is 0.562. The van der Waals surface area contributed by atoms with Crippen LogP contribution in [0, 0.1) is 11.8 Å². The van der Waals surface area contributed by atoms with Gasteiger partial charge < -0.3 is 14.7 Å². The number of carbonyl (C=O) groups is 1. The van der Waals surface area contributed by atoms with Crippen molar-refractivity contribution in [1.82, 2.24) is 4.90 Å². The zero-order valence-corrected chi connectivity index (χ0v) is 13.1. The molecule has 1 amide bonds. The first-order valence-corrected chi connectivity index (χ1v) is 8.09. The summed E-state index contributed by atoms with van der Waals surface area (Å²) in [6, 6.07) is 1.97. The van der Waals surface area contributed by atoms with Crippen molar-refractivity contribution in [2.75, 3.05) is 20.3 Å². The summed E-state index contributed by atoms with van der Waals surface area (Å²) in [6.45, 7) is 1.23. The number of nitrogens with zero attached hydrogens (tertiary/aromatic N) is 1. The van der Waals surface area contributed by atoms with E-state index in [9.17, 15) is 4.79 Å². The van der Waals surface area contributed by atoms with Crippen LogP contribution in [0.15, 0.2) is 11.4 Å². The number of aliphatic hydroxyl groups excluding tert-OH is 1. The van der Waals surface area contributed by atoms with Crippen LogP contribution in [0.2, 0.25) is 0 Å². The van der Waals surface area contributed by atoms with E-state index in [1.165, 1.54) is 11.3 Å². The molecular weight excluding hydrogens is 286 g/mol. The topological polar surface area (TPSA) is 49.8 Å². The quantitative estimate of drug-likeness (QED) is 0.866. The van der Waals surface area contributed by atoms with Crippen LogP contribution < -0.4 is 0 Å². The Labute approximate surface area is 129 Å². The molecule has 1 aromatic heterocycles. The minimum Gasteiger partial charge on any atom is -0.384 e. The van der Waals surface area contributed by atoms with Gasteiger partial charge in [0.1, 0.15) is 6.61 Å². The summed E-state index contributed by atoms with van der Waals surface area (Å²) in [5.74, 6) is 5.63. The van der Waals surface area contributed by atoms with Gasteiger partial charge >= 0.3 is 0 Å².